The van der Waals surface area contributed by atoms with Gasteiger partial charge in [0, 0.05) is 17.4 Å². The molecule has 0 aliphatic carbocycles. The van der Waals surface area contributed by atoms with Crippen LogP contribution in [0.2, 0.25) is 0 Å². The molecule has 7 heteroatoms. The topological polar surface area (TPSA) is 68.6 Å². The van der Waals surface area contributed by atoms with Crippen molar-refractivity contribution in [3.8, 4) is 5.75 Å². The molecule has 0 spiro atoms. The smallest absolute Gasteiger partial charge is 0.287 e. The Labute approximate surface area is 178 Å². The average Bonchev–Trinajstić information content (AvgIpc) is 3.06. The first-order valence-corrected chi connectivity index (χ1v) is 11.1. The summed E-state index contributed by atoms with van der Waals surface area (Å²) in [6.07, 6.45) is 0.472. The molecule has 0 unspecified atom stereocenters. The zero-order chi connectivity index (χ0) is 21.6. The van der Waals surface area contributed by atoms with Gasteiger partial charge in [0.2, 0.25) is 0 Å². The van der Waals surface area contributed by atoms with Gasteiger partial charge in [-0.25, -0.2) is 4.39 Å². The highest BCUT2D eigenvalue weighted by atomic mass is 32.2. The molecule has 1 aliphatic rings. The molecule has 0 amide bonds. The van der Waals surface area contributed by atoms with Crippen molar-refractivity contribution in [3.05, 3.63) is 101 Å². The number of hydrogen-bond donors (Lipinski definition) is 0. The summed E-state index contributed by atoms with van der Waals surface area (Å²) in [5, 5.41) is 1.86. The van der Waals surface area contributed by atoms with E-state index < -0.39 is 10.0 Å². The van der Waals surface area contributed by atoms with Crippen LogP contribution in [0.4, 0.5) is 4.39 Å². The van der Waals surface area contributed by atoms with Crippen LogP contribution in [0, 0.1) is 5.82 Å². The second-order valence-electron chi connectivity index (χ2n) is 7.23. The predicted molar refractivity (Wildman–Crippen MR) is 117 cm³/mol. The Balaban J connectivity index is 1.70. The molecule has 3 aromatic carbocycles. The number of fused-ring (bicyclic) bond motifs is 2. The fraction of sp³-hybridized carbons (Fsp3) is 0.0833. The molecule has 4 aromatic rings. The van der Waals surface area contributed by atoms with Crippen LogP contribution in [-0.2, 0) is 16.4 Å². The van der Waals surface area contributed by atoms with E-state index in [4.69, 9.17) is 9.72 Å². The van der Waals surface area contributed by atoms with Crippen molar-refractivity contribution in [1.82, 2.24) is 4.98 Å². The number of benzene rings is 3. The van der Waals surface area contributed by atoms with E-state index in [1.807, 2.05) is 30.3 Å². The van der Waals surface area contributed by atoms with Gasteiger partial charge in [0.15, 0.2) is 0 Å². The van der Waals surface area contributed by atoms with Gasteiger partial charge in [0.1, 0.15) is 22.2 Å². The maximum Gasteiger partial charge on any atom is 0.287 e. The predicted octanol–water partition coefficient (Wildman–Crippen LogP) is 4.51. The number of nitrogens with zero attached hydrogens (tertiary/aromatic N) is 2. The van der Waals surface area contributed by atoms with Crippen molar-refractivity contribution in [2.45, 2.75) is 11.3 Å². The van der Waals surface area contributed by atoms with E-state index >= 15 is 0 Å². The molecule has 0 radical (unpaired) electrons. The standard InChI is InChI=1S/C24H17FN2O3S/c1-30-22-8-4-7-19-23(27-31(28,29)24(19)22)21-14-16-5-2-3-6-18(16)20(26-21)13-15-9-11-17(25)12-10-15/h2-12,14H,13H2,1H3. The summed E-state index contributed by atoms with van der Waals surface area (Å²) in [7, 11) is -2.47. The lowest BCUT2D eigenvalue weighted by Crippen LogP contribution is -2.07. The van der Waals surface area contributed by atoms with Gasteiger partial charge < -0.3 is 4.74 Å². The fourth-order valence-electron chi connectivity index (χ4n) is 3.85. The maximum absolute atomic E-state index is 13.3. The zero-order valence-electron chi connectivity index (χ0n) is 16.5. The van der Waals surface area contributed by atoms with Crippen LogP contribution >= 0.6 is 0 Å². The molecule has 0 bridgehead atoms. The van der Waals surface area contributed by atoms with E-state index in [0.717, 1.165) is 22.0 Å². The summed E-state index contributed by atoms with van der Waals surface area (Å²) < 4.78 is 48.1. The van der Waals surface area contributed by atoms with E-state index in [2.05, 4.69) is 4.40 Å². The van der Waals surface area contributed by atoms with Gasteiger partial charge in [-0.15, -0.1) is 0 Å². The van der Waals surface area contributed by atoms with Crippen molar-refractivity contribution in [3.63, 3.8) is 0 Å². The van der Waals surface area contributed by atoms with Gasteiger partial charge in [-0.2, -0.15) is 12.8 Å². The third-order valence-electron chi connectivity index (χ3n) is 5.27. The summed E-state index contributed by atoms with van der Waals surface area (Å²) >= 11 is 0. The van der Waals surface area contributed by atoms with E-state index in [1.54, 1.807) is 30.3 Å². The molecule has 0 saturated carbocycles. The summed E-state index contributed by atoms with van der Waals surface area (Å²) in [6.45, 7) is 0. The Bertz CT molecular complexity index is 1460. The maximum atomic E-state index is 13.3. The zero-order valence-corrected chi connectivity index (χ0v) is 17.4. The Morgan fingerprint density at radius 2 is 1.74 bits per heavy atom. The summed E-state index contributed by atoms with van der Waals surface area (Å²) in [5.74, 6) is -0.0463. The molecule has 0 fully saturated rings. The first-order chi connectivity index (χ1) is 15.0. The fourth-order valence-corrected chi connectivity index (χ4v) is 5.22. The molecule has 0 N–H and O–H groups in total. The monoisotopic (exact) mass is 432 g/mol. The molecule has 1 aromatic heterocycles. The number of pyridine rings is 1. The van der Waals surface area contributed by atoms with Crippen molar-refractivity contribution in [1.29, 1.82) is 0 Å². The largest absolute Gasteiger partial charge is 0.495 e. The van der Waals surface area contributed by atoms with Crippen molar-refractivity contribution in [2.75, 3.05) is 7.11 Å². The van der Waals surface area contributed by atoms with E-state index in [9.17, 15) is 12.8 Å². The normalized spacial score (nSPS) is 14.3. The van der Waals surface area contributed by atoms with Gasteiger partial charge >= 0.3 is 0 Å². The molecule has 31 heavy (non-hydrogen) atoms. The Morgan fingerprint density at radius 3 is 2.52 bits per heavy atom. The van der Waals surface area contributed by atoms with Crippen molar-refractivity contribution < 1.29 is 17.5 Å². The van der Waals surface area contributed by atoms with Crippen LogP contribution in [0.1, 0.15) is 22.5 Å². The van der Waals surface area contributed by atoms with Crippen LogP contribution in [0.5, 0.6) is 5.75 Å². The van der Waals surface area contributed by atoms with Crippen LogP contribution in [0.25, 0.3) is 10.8 Å². The van der Waals surface area contributed by atoms with Crippen LogP contribution in [0.3, 0.4) is 0 Å². The number of halogens is 1. The number of sulfonamides is 1. The van der Waals surface area contributed by atoms with Crippen LogP contribution in [-0.4, -0.2) is 26.2 Å². The molecule has 2 heterocycles. The van der Waals surface area contributed by atoms with Gasteiger partial charge in [0.25, 0.3) is 10.0 Å². The highest BCUT2D eigenvalue weighted by molar-refractivity contribution is 7.91. The molecular formula is C24H17FN2O3S. The number of hydrogen-bond acceptors (Lipinski definition) is 4. The van der Waals surface area contributed by atoms with E-state index in [-0.39, 0.29) is 16.5 Å². The molecular weight excluding hydrogens is 415 g/mol. The lowest BCUT2D eigenvalue weighted by Gasteiger charge is -2.11. The number of ether oxygens (including phenoxy) is 1. The minimum absolute atomic E-state index is 0.0579. The Hall–Kier alpha value is -3.58. The molecule has 0 saturated heterocycles. The quantitative estimate of drug-likeness (QED) is 0.476. The SMILES string of the molecule is COc1cccc2c1S(=O)(=O)N=C2c1cc2ccccc2c(Cc2ccc(F)cc2)n1. The van der Waals surface area contributed by atoms with Crippen molar-refractivity contribution >= 4 is 26.5 Å². The molecule has 5 nitrogen and oxygen atoms in total. The third kappa shape index (κ3) is 3.37. The number of aromatic nitrogens is 1. The summed E-state index contributed by atoms with van der Waals surface area (Å²) in [4.78, 5) is 4.85. The minimum atomic E-state index is -3.89. The van der Waals surface area contributed by atoms with E-state index in [1.165, 1.54) is 19.2 Å². The molecule has 5 rings (SSSR count). The highest BCUT2D eigenvalue weighted by Crippen LogP contribution is 2.36. The lowest BCUT2D eigenvalue weighted by atomic mass is 10.00. The first-order valence-electron chi connectivity index (χ1n) is 9.62. The molecule has 0 atom stereocenters. The highest BCUT2D eigenvalue weighted by Gasteiger charge is 2.34. The average molecular weight is 432 g/mol. The molecule has 154 valence electrons. The van der Waals surface area contributed by atoms with Crippen LogP contribution < -0.4 is 4.74 Å². The minimum Gasteiger partial charge on any atom is -0.495 e. The van der Waals surface area contributed by atoms with E-state index in [0.29, 0.717) is 23.4 Å². The van der Waals surface area contributed by atoms with Gasteiger partial charge in [-0.3, -0.25) is 4.98 Å². The van der Waals surface area contributed by atoms with Crippen LogP contribution in [0.15, 0.2) is 82.1 Å². The Morgan fingerprint density at radius 1 is 0.968 bits per heavy atom. The summed E-state index contributed by atoms with van der Waals surface area (Å²) in [5.41, 5.74) is 2.89. The molecule has 1 aliphatic heterocycles. The first kappa shape index (κ1) is 19.4. The van der Waals surface area contributed by atoms with Gasteiger partial charge in [-0.1, -0.05) is 48.5 Å². The van der Waals surface area contributed by atoms with Crippen molar-refractivity contribution in [2.24, 2.45) is 4.40 Å². The number of rotatable bonds is 4. The lowest BCUT2D eigenvalue weighted by molar-refractivity contribution is 0.403. The Kier molecular flexibility index (Phi) is 4.55. The second-order valence-corrected chi connectivity index (χ2v) is 8.77. The second kappa shape index (κ2) is 7.28. The number of methoxy groups -OCH3 is 1. The van der Waals surface area contributed by atoms with Gasteiger partial charge in [-0.05, 0) is 35.2 Å². The summed E-state index contributed by atoms with van der Waals surface area (Å²) in [6, 6.07) is 20.9. The van der Waals surface area contributed by atoms with Gasteiger partial charge in [0.05, 0.1) is 18.5 Å². The third-order valence-corrected chi connectivity index (χ3v) is 6.63.